The van der Waals surface area contributed by atoms with Gasteiger partial charge in [0.1, 0.15) is 11.7 Å². The number of aromatic nitrogens is 2. The lowest BCUT2D eigenvalue weighted by Crippen LogP contribution is -2.57. The van der Waals surface area contributed by atoms with Crippen LogP contribution >= 0.6 is 0 Å². The maximum Gasteiger partial charge on any atom is 0.460 e. The van der Waals surface area contributed by atoms with Gasteiger partial charge in [-0.15, -0.1) is 0 Å². The predicted octanol–water partition coefficient (Wildman–Crippen LogP) is 5.26. The first-order valence-corrected chi connectivity index (χ1v) is 15.6. The fraction of sp³-hybridized carbons (Fsp3) is 0.625. The summed E-state index contributed by atoms with van der Waals surface area (Å²) in [6.07, 6.45) is 17.6. The third kappa shape index (κ3) is 10.5. The minimum atomic E-state index is -1.56. The third-order valence-electron chi connectivity index (χ3n) is 8.47. The van der Waals surface area contributed by atoms with Gasteiger partial charge >= 0.3 is 7.12 Å². The smallest absolute Gasteiger partial charge is 0.427 e. The molecule has 1 aliphatic rings. The average molecular weight is 565 g/mol. The van der Waals surface area contributed by atoms with E-state index in [1.165, 1.54) is 44.3 Å². The summed E-state index contributed by atoms with van der Waals surface area (Å²) >= 11 is 0. The molecular formula is C32H49BN4O4. The van der Waals surface area contributed by atoms with Gasteiger partial charge < -0.3 is 20.7 Å². The van der Waals surface area contributed by atoms with Crippen LogP contribution in [0, 0.1) is 5.92 Å². The minimum absolute atomic E-state index is 0.134. The summed E-state index contributed by atoms with van der Waals surface area (Å²) in [4.78, 5) is 35.1. The van der Waals surface area contributed by atoms with E-state index >= 15 is 0 Å². The lowest BCUT2D eigenvalue weighted by Gasteiger charge is -2.42. The molecule has 0 unspecified atom stereocenters. The number of carbonyl (C=O) groups excluding carboxylic acids is 2. The Morgan fingerprint density at radius 1 is 0.878 bits per heavy atom. The van der Waals surface area contributed by atoms with Crippen LogP contribution in [0.2, 0.25) is 5.31 Å². The minimum Gasteiger partial charge on any atom is -0.427 e. The van der Waals surface area contributed by atoms with E-state index < -0.39 is 30.4 Å². The first-order valence-electron chi connectivity index (χ1n) is 15.6. The second kappa shape index (κ2) is 17.2. The summed E-state index contributed by atoms with van der Waals surface area (Å²) in [6.45, 7) is 4.18. The van der Waals surface area contributed by atoms with Gasteiger partial charge in [-0.3, -0.25) is 14.6 Å². The Hall–Kier alpha value is -2.78. The zero-order valence-corrected chi connectivity index (χ0v) is 24.9. The largest absolute Gasteiger partial charge is 0.460 e. The highest BCUT2D eigenvalue weighted by atomic mass is 16.4. The molecule has 4 N–H and O–H groups in total. The Balaban J connectivity index is 1.88. The van der Waals surface area contributed by atoms with Gasteiger partial charge in [0, 0.05) is 30.2 Å². The fourth-order valence-electron chi connectivity index (χ4n) is 6.12. The zero-order chi connectivity index (χ0) is 29.5. The summed E-state index contributed by atoms with van der Waals surface area (Å²) in [7, 11) is -1.56. The Morgan fingerprint density at radius 2 is 1.46 bits per heavy atom. The molecule has 41 heavy (non-hydrogen) atoms. The van der Waals surface area contributed by atoms with Gasteiger partial charge in [0.15, 0.2) is 0 Å². The molecule has 2 aromatic rings. The van der Waals surface area contributed by atoms with Gasteiger partial charge in [-0.2, -0.15) is 0 Å². The second-order valence-corrected chi connectivity index (χ2v) is 12.1. The molecule has 1 saturated carbocycles. The van der Waals surface area contributed by atoms with Crippen LogP contribution in [0.25, 0.3) is 0 Å². The van der Waals surface area contributed by atoms with E-state index in [-0.39, 0.29) is 17.5 Å². The van der Waals surface area contributed by atoms with E-state index in [0.717, 1.165) is 44.1 Å². The number of hydrogen-bond donors (Lipinski definition) is 4. The molecule has 1 fully saturated rings. The molecule has 0 radical (unpaired) electrons. The first-order chi connectivity index (χ1) is 19.8. The Labute approximate surface area is 246 Å². The van der Waals surface area contributed by atoms with Crippen molar-refractivity contribution in [2.24, 2.45) is 5.92 Å². The Kier molecular flexibility index (Phi) is 13.8. The maximum absolute atomic E-state index is 14.0. The summed E-state index contributed by atoms with van der Waals surface area (Å²) < 4.78 is 0. The number of carbonyl (C=O) groups is 2. The topological polar surface area (TPSA) is 124 Å². The molecule has 3 rings (SSSR count). The van der Waals surface area contributed by atoms with E-state index in [1.54, 1.807) is 0 Å². The van der Waals surface area contributed by atoms with Gasteiger partial charge in [0.2, 0.25) is 5.91 Å². The number of benzene rings is 1. The van der Waals surface area contributed by atoms with E-state index in [2.05, 4.69) is 34.4 Å². The molecule has 8 nitrogen and oxygen atoms in total. The van der Waals surface area contributed by atoms with Crippen LogP contribution in [0.15, 0.2) is 48.9 Å². The molecule has 0 bridgehead atoms. The molecule has 1 aromatic carbocycles. The van der Waals surface area contributed by atoms with Crippen LogP contribution in [0.1, 0.15) is 113 Å². The van der Waals surface area contributed by atoms with Crippen molar-refractivity contribution < 1.29 is 19.6 Å². The van der Waals surface area contributed by atoms with Crippen LogP contribution in [-0.2, 0) is 11.2 Å². The van der Waals surface area contributed by atoms with Crippen molar-refractivity contribution in [2.45, 2.75) is 121 Å². The monoisotopic (exact) mass is 564 g/mol. The number of nitrogens with zero attached hydrogens (tertiary/aromatic N) is 2. The first kappa shape index (κ1) is 32.7. The normalized spacial score (nSPS) is 18.2. The summed E-state index contributed by atoms with van der Waals surface area (Å²) in [5.41, 5.74) is 1.04. The summed E-state index contributed by atoms with van der Waals surface area (Å²) in [5, 5.41) is 27.2. The molecular weight excluding hydrogens is 515 g/mol. The maximum atomic E-state index is 14.0. The molecule has 1 aromatic heterocycles. The van der Waals surface area contributed by atoms with E-state index in [9.17, 15) is 19.6 Å². The van der Waals surface area contributed by atoms with Crippen LogP contribution in [-0.4, -0.2) is 51.0 Å². The molecule has 0 aliphatic heterocycles. The van der Waals surface area contributed by atoms with Crippen LogP contribution < -0.4 is 10.6 Å². The van der Waals surface area contributed by atoms with Crippen molar-refractivity contribution >= 4 is 18.9 Å². The molecule has 1 heterocycles. The van der Waals surface area contributed by atoms with Gasteiger partial charge in [0.25, 0.3) is 5.91 Å². The summed E-state index contributed by atoms with van der Waals surface area (Å²) in [6, 6.07) is 8.24. The van der Waals surface area contributed by atoms with Crippen LogP contribution in [0.5, 0.6) is 0 Å². The highest BCUT2D eigenvalue weighted by Gasteiger charge is 2.48. The van der Waals surface area contributed by atoms with Gasteiger partial charge in [-0.05, 0) is 30.7 Å². The second-order valence-electron chi connectivity index (χ2n) is 12.1. The van der Waals surface area contributed by atoms with E-state index in [0.29, 0.717) is 25.7 Å². The lowest BCUT2D eigenvalue weighted by atomic mass is 9.48. The molecule has 1 aliphatic carbocycles. The average Bonchev–Trinajstić information content (AvgIpc) is 2.98. The summed E-state index contributed by atoms with van der Waals surface area (Å²) in [5.74, 6) is -0.587. The molecule has 224 valence electrons. The van der Waals surface area contributed by atoms with Crippen LogP contribution in [0.4, 0.5) is 0 Å². The van der Waals surface area contributed by atoms with Gasteiger partial charge in [-0.1, -0.05) is 108 Å². The third-order valence-corrected chi connectivity index (χ3v) is 8.47. The molecule has 0 saturated heterocycles. The standard InChI is InChI=1S/C32H49BN4O4/c1-25(2)22-29(32(33(40)41)18-14-9-7-5-3-4-6-8-10-15-19-32)37-30(38)27(23-26-16-12-11-13-17-26)36-31(39)28-24-34-20-21-35-28/h11-13,16-17,20-21,24-25,27,29,40-41H,3-10,14-15,18-19,22-23H2,1-2H3,(H,36,39)(H,37,38)/t27-,29-/m0/s1. The highest BCUT2D eigenvalue weighted by molar-refractivity contribution is 6.46. The van der Waals surface area contributed by atoms with Crippen molar-refractivity contribution in [3.05, 3.63) is 60.2 Å². The van der Waals surface area contributed by atoms with Gasteiger partial charge in [0.05, 0.1) is 6.20 Å². The highest BCUT2D eigenvalue weighted by Crippen LogP contribution is 2.46. The Bertz CT molecular complexity index is 1020. The van der Waals surface area contributed by atoms with Crippen molar-refractivity contribution in [3.8, 4) is 0 Å². The van der Waals surface area contributed by atoms with Crippen molar-refractivity contribution in [2.75, 3.05) is 0 Å². The van der Waals surface area contributed by atoms with Crippen molar-refractivity contribution in [1.29, 1.82) is 0 Å². The van der Waals surface area contributed by atoms with Crippen molar-refractivity contribution in [3.63, 3.8) is 0 Å². The fourth-order valence-corrected chi connectivity index (χ4v) is 6.12. The number of rotatable bonds is 10. The SMILES string of the molecule is CC(C)C[C@H](NC(=O)[C@H](Cc1ccccc1)NC(=O)c1cnccn1)C1(B(O)O)CCCCCCCCCCCC1. The van der Waals surface area contributed by atoms with E-state index in [1.807, 2.05) is 30.3 Å². The van der Waals surface area contributed by atoms with Gasteiger partial charge in [-0.25, -0.2) is 4.98 Å². The number of hydrogen-bond acceptors (Lipinski definition) is 6. The zero-order valence-electron chi connectivity index (χ0n) is 24.9. The Morgan fingerprint density at radius 3 is 1.98 bits per heavy atom. The number of nitrogens with one attached hydrogen (secondary N) is 2. The van der Waals surface area contributed by atoms with Crippen LogP contribution in [0.3, 0.4) is 0 Å². The quantitative estimate of drug-likeness (QED) is 0.292. The molecule has 2 amide bonds. The molecule has 2 atom stereocenters. The lowest BCUT2D eigenvalue weighted by molar-refractivity contribution is -0.124. The number of amides is 2. The predicted molar refractivity (Wildman–Crippen MR) is 163 cm³/mol. The van der Waals surface area contributed by atoms with Crippen molar-refractivity contribution in [1.82, 2.24) is 20.6 Å². The molecule has 9 heteroatoms. The van der Waals surface area contributed by atoms with E-state index in [4.69, 9.17) is 0 Å². The molecule has 0 spiro atoms.